The Balaban J connectivity index is 1.46. The van der Waals surface area contributed by atoms with Crippen molar-refractivity contribution in [3.8, 4) is 0 Å². The first-order chi connectivity index (χ1) is 14.0. The van der Waals surface area contributed by atoms with Crippen molar-refractivity contribution in [2.24, 2.45) is 17.8 Å². The van der Waals surface area contributed by atoms with E-state index in [1.165, 1.54) is 19.3 Å². The molecule has 2 aliphatic carbocycles. The van der Waals surface area contributed by atoms with E-state index in [9.17, 15) is 4.79 Å². The van der Waals surface area contributed by atoms with Crippen LogP contribution in [0.25, 0.3) is 0 Å². The molecule has 0 aliphatic heterocycles. The minimum atomic E-state index is 0.0207. The Morgan fingerprint density at radius 1 is 0.862 bits per heavy atom. The van der Waals surface area contributed by atoms with Gasteiger partial charge in [-0.05, 0) is 76.0 Å². The van der Waals surface area contributed by atoms with Crippen molar-refractivity contribution in [2.75, 3.05) is 46.2 Å². The lowest BCUT2D eigenvalue weighted by Gasteiger charge is -2.50. The van der Waals surface area contributed by atoms with E-state index in [2.05, 4.69) is 24.5 Å². The monoisotopic (exact) mass is 412 g/mol. The molecule has 2 unspecified atom stereocenters. The highest BCUT2D eigenvalue weighted by Crippen LogP contribution is 2.47. The summed E-state index contributed by atoms with van der Waals surface area (Å²) in [5.41, 5.74) is 0.0304. The van der Waals surface area contributed by atoms with E-state index in [4.69, 9.17) is 14.2 Å². The van der Waals surface area contributed by atoms with Gasteiger partial charge in [-0.25, -0.2) is 4.79 Å². The molecule has 0 aromatic heterocycles. The highest BCUT2D eigenvalue weighted by molar-refractivity contribution is 5.74. The molecule has 2 atom stereocenters. The summed E-state index contributed by atoms with van der Waals surface area (Å²) in [4.78, 5) is 12.5. The highest BCUT2D eigenvalue weighted by Gasteiger charge is 2.44. The second-order valence-electron chi connectivity index (χ2n) is 9.30. The van der Waals surface area contributed by atoms with Crippen molar-refractivity contribution in [3.05, 3.63) is 0 Å². The summed E-state index contributed by atoms with van der Waals surface area (Å²) in [6.07, 6.45) is 9.16. The van der Waals surface area contributed by atoms with E-state index >= 15 is 0 Å². The van der Waals surface area contributed by atoms with Gasteiger partial charge in [-0.2, -0.15) is 0 Å². The van der Waals surface area contributed by atoms with Crippen LogP contribution in [0.3, 0.4) is 0 Å². The zero-order chi connectivity index (χ0) is 21.0. The Morgan fingerprint density at radius 2 is 1.48 bits per heavy atom. The van der Waals surface area contributed by atoms with E-state index in [0.717, 1.165) is 69.6 Å². The van der Waals surface area contributed by atoms with Gasteiger partial charge in [-0.1, -0.05) is 13.8 Å². The Morgan fingerprint density at radius 3 is 2.14 bits per heavy atom. The van der Waals surface area contributed by atoms with Gasteiger partial charge < -0.3 is 24.8 Å². The first kappa shape index (κ1) is 24.4. The standard InChI is InChI=1S/C23H44N2O4/c1-4-27-10-11-29-13-12-28-9-7-5-6-8-24-22(26)25-23-16-19(2)14-21(18-23)15-20(3)17-23/h19-21H,4-18H2,1-3H3,(H2,24,25,26). The lowest BCUT2D eigenvalue weighted by molar-refractivity contribution is 0.0162. The number of rotatable bonds is 14. The number of unbranched alkanes of at least 4 members (excludes halogenated alkanes) is 2. The molecule has 2 rings (SSSR count). The molecule has 6 nitrogen and oxygen atoms in total. The number of carbonyl (C=O) groups is 1. The first-order valence-electron chi connectivity index (χ1n) is 11.8. The minimum Gasteiger partial charge on any atom is -0.379 e. The van der Waals surface area contributed by atoms with Crippen molar-refractivity contribution in [2.45, 2.75) is 77.7 Å². The molecular formula is C23H44N2O4. The second-order valence-corrected chi connectivity index (χ2v) is 9.30. The Kier molecular flexibility index (Phi) is 11.3. The van der Waals surface area contributed by atoms with Gasteiger partial charge >= 0.3 is 6.03 Å². The normalized spacial score (nSPS) is 28.9. The van der Waals surface area contributed by atoms with Crippen molar-refractivity contribution in [1.82, 2.24) is 10.6 Å². The summed E-state index contributed by atoms with van der Waals surface area (Å²) >= 11 is 0. The van der Waals surface area contributed by atoms with E-state index in [1.807, 2.05) is 6.92 Å². The number of urea groups is 1. The SMILES string of the molecule is CCOCCOCCOCCCCCNC(=O)NC12CC(C)CC(CC(C)C1)C2. The number of amides is 2. The number of nitrogens with one attached hydrogen (secondary N) is 2. The predicted octanol–water partition coefficient (Wildman–Crippen LogP) is 4.13. The third kappa shape index (κ3) is 9.67. The Labute approximate surface area is 177 Å². The van der Waals surface area contributed by atoms with Gasteiger partial charge in [-0.15, -0.1) is 0 Å². The number of fused-ring (bicyclic) bond motifs is 2. The molecule has 2 N–H and O–H groups in total. The molecule has 0 aromatic rings. The molecule has 0 radical (unpaired) electrons. The smallest absolute Gasteiger partial charge is 0.315 e. The van der Waals surface area contributed by atoms with Gasteiger partial charge in [0.2, 0.25) is 0 Å². The third-order valence-electron chi connectivity index (χ3n) is 6.21. The van der Waals surface area contributed by atoms with Crippen LogP contribution in [-0.4, -0.2) is 57.8 Å². The second kappa shape index (κ2) is 13.5. The quantitative estimate of drug-likeness (QED) is 0.421. The molecule has 2 bridgehead atoms. The topological polar surface area (TPSA) is 68.8 Å². The molecule has 0 spiro atoms. The lowest BCUT2D eigenvalue weighted by atomic mass is 9.61. The average molecular weight is 413 g/mol. The van der Waals surface area contributed by atoms with Gasteiger partial charge in [0.25, 0.3) is 0 Å². The zero-order valence-corrected chi connectivity index (χ0v) is 19.0. The van der Waals surface area contributed by atoms with Crippen LogP contribution in [0.2, 0.25) is 0 Å². The summed E-state index contributed by atoms with van der Waals surface area (Å²) in [7, 11) is 0. The molecule has 170 valence electrons. The Bertz CT molecular complexity index is 441. The fraction of sp³-hybridized carbons (Fsp3) is 0.957. The molecule has 29 heavy (non-hydrogen) atoms. The summed E-state index contributed by atoms with van der Waals surface area (Å²) in [5, 5.41) is 6.44. The fourth-order valence-corrected chi connectivity index (χ4v) is 5.43. The van der Waals surface area contributed by atoms with Gasteiger partial charge in [0, 0.05) is 25.3 Å². The van der Waals surface area contributed by atoms with E-state index < -0.39 is 0 Å². The van der Waals surface area contributed by atoms with Crippen LogP contribution in [0.5, 0.6) is 0 Å². The van der Waals surface area contributed by atoms with Crippen molar-refractivity contribution >= 4 is 6.03 Å². The van der Waals surface area contributed by atoms with Crippen LogP contribution in [-0.2, 0) is 14.2 Å². The number of ether oxygens (including phenoxy) is 3. The van der Waals surface area contributed by atoms with Crippen LogP contribution in [0, 0.1) is 17.8 Å². The number of hydrogen-bond acceptors (Lipinski definition) is 4. The van der Waals surface area contributed by atoms with Gasteiger partial charge in [-0.3, -0.25) is 0 Å². The average Bonchev–Trinajstić information content (AvgIpc) is 2.63. The van der Waals surface area contributed by atoms with Crippen molar-refractivity contribution < 1.29 is 19.0 Å². The van der Waals surface area contributed by atoms with Gasteiger partial charge in [0.05, 0.1) is 26.4 Å². The number of hydrogen-bond donors (Lipinski definition) is 2. The molecule has 0 saturated heterocycles. The maximum absolute atomic E-state index is 12.5. The van der Waals surface area contributed by atoms with Gasteiger partial charge in [0.15, 0.2) is 0 Å². The first-order valence-corrected chi connectivity index (χ1v) is 11.8. The predicted molar refractivity (Wildman–Crippen MR) is 116 cm³/mol. The van der Waals surface area contributed by atoms with E-state index in [1.54, 1.807) is 0 Å². The summed E-state index contributed by atoms with van der Waals surface area (Å²) in [5.74, 6) is 2.23. The highest BCUT2D eigenvalue weighted by atomic mass is 16.5. The summed E-state index contributed by atoms with van der Waals surface area (Å²) in [6.45, 7) is 11.4. The summed E-state index contributed by atoms with van der Waals surface area (Å²) in [6, 6.07) is 0.0207. The number of carbonyl (C=O) groups excluding carboxylic acids is 1. The molecule has 0 heterocycles. The van der Waals surface area contributed by atoms with Crippen LogP contribution in [0.4, 0.5) is 4.79 Å². The third-order valence-corrected chi connectivity index (χ3v) is 6.21. The van der Waals surface area contributed by atoms with Crippen LogP contribution >= 0.6 is 0 Å². The Hall–Kier alpha value is -0.850. The molecule has 0 aromatic carbocycles. The van der Waals surface area contributed by atoms with Gasteiger partial charge in [0.1, 0.15) is 0 Å². The zero-order valence-electron chi connectivity index (χ0n) is 19.0. The minimum absolute atomic E-state index is 0.0207. The van der Waals surface area contributed by atoms with Crippen LogP contribution < -0.4 is 10.6 Å². The molecular weight excluding hydrogens is 368 g/mol. The molecule has 2 fully saturated rings. The molecule has 6 heteroatoms. The summed E-state index contributed by atoms with van der Waals surface area (Å²) < 4.78 is 16.2. The fourth-order valence-electron chi connectivity index (χ4n) is 5.43. The van der Waals surface area contributed by atoms with E-state index in [0.29, 0.717) is 26.4 Å². The van der Waals surface area contributed by atoms with Crippen molar-refractivity contribution in [3.63, 3.8) is 0 Å². The van der Waals surface area contributed by atoms with Crippen LogP contribution in [0.1, 0.15) is 72.1 Å². The largest absolute Gasteiger partial charge is 0.379 e. The van der Waals surface area contributed by atoms with Crippen LogP contribution in [0.15, 0.2) is 0 Å². The molecule has 2 saturated carbocycles. The molecule has 2 aliphatic rings. The lowest BCUT2D eigenvalue weighted by Crippen LogP contribution is -2.58. The van der Waals surface area contributed by atoms with Crippen molar-refractivity contribution in [1.29, 1.82) is 0 Å². The maximum atomic E-state index is 12.5. The maximum Gasteiger partial charge on any atom is 0.315 e. The molecule has 2 amide bonds. The van der Waals surface area contributed by atoms with E-state index in [-0.39, 0.29) is 11.6 Å².